The summed E-state index contributed by atoms with van der Waals surface area (Å²) < 4.78 is 9.29. The first-order chi connectivity index (χ1) is 20.6. The molecule has 3 rings (SSSR count). The molecule has 0 spiro atoms. The Hall–Kier alpha value is -4.69. The van der Waals surface area contributed by atoms with E-state index in [4.69, 9.17) is 9.72 Å². The lowest BCUT2D eigenvalue weighted by molar-refractivity contribution is -0.151. The minimum Gasteiger partial charge on any atom is -0.469 e. The lowest BCUT2D eigenvalue weighted by Gasteiger charge is -2.24. The van der Waals surface area contributed by atoms with Crippen LogP contribution in [0, 0.1) is 24.2 Å². The van der Waals surface area contributed by atoms with Crippen LogP contribution in [0.2, 0.25) is 0 Å². The van der Waals surface area contributed by atoms with Crippen molar-refractivity contribution in [3.8, 4) is 28.5 Å². The van der Waals surface area contributed by atoms with Crippen LogP contribution in [0.15, 0.2) is 65.7 Å². The van der Waals surface area contributed by atoms with Crippen molar-refractivity contribution in [1.82, 2.24) is 15.6 Å². The van der Waals surface area contributed by atoms with Crippen LogP contribution in [0.5, 0.6) is 0 Å². The van der Waals surface area contributed by atoms with E-state index < -0.39 is 42.3 Å². The summed E-state index contributed by atoms with van der Waals surface area (Å²) >= 11 is 1.09. The molecule has 0 saturated carbocycles. The topological polar surface area (TPSA) is 147 Å². The number of carbonyl (C=O) groups is 4. The van der Waals surface area contributed by atoms with Crippen LogP contribution in [-0.2, 0) is 28.7 Å². The molecule has 43 heavy (non-hydrogen) atoms. The van der Waals surface area contributed by atoms with Gasteiger partial charge in [0, 0.05) is 11.1 Å². The van der Waals surface area contributed by atoms with Crippen molar-refractivity contribution in [2.24, 2.45) is 5.92 Å². The Bertz CT molecular complexity index is 1500. The van der Waals surface area contributed by atoms with Gasteiger partial charge in [0.1, 0.15) is 23.2 Å². The molecular formula is C32H34N4O6S. The van der Waals surface area contributed by atoms with Crippen LogP contribution in [0.3, 0.4) is 0 Å². The van der Waals surface area contributed by atoms with Crippen LogP contribution < -0.4 is 10.6 Å². The molecule has 0 aliphatic heterocycles. The number of aryl methyl sites for hydroxylation is 1. The third kappa shape index (κ3) is 8.90. The predicted molar refractivity (Wildman–Crippen MR) is 163 cm³/mol. The van der Waals surface area contributed by atoms with E-state index in [1.165, 1.54) is 7.11 Å². The molecule has 0 fully saturated rings. The Morgan fingerprint density at radius 2 is 1.63 bits per heavy atom. The van der Waals surface area contributed by atoms with E-state index in [1.54, 1.807) is 13.8 Å². The molecule has 0 saturated heterocycles. The Morgan fingerprint density at radius 1 is 0.953 bits per heavy atom. The molecule has 0 aliphatic carbocycles. The molecule has 2 N–H and O–H groups in total. The van der Waals surface area contributed by atoms with Crippen molar-refractivity contribution in [2.75, 3.05) is 20.0 Å². The number of nitrogens with zero attached hydrogens (tertiary/aromatic N) is 2. The zero-order chi connectivity index (χ0) is 31.5. The molecule has 224 valence electrons. The van der Waals surface area contributed by atoms with Crippen molar-refractivity contribution in [3.05, 3.63) is 71.8 Å². The molecule has 0 unspecified atom stereocenters. The summed E-state index contributed by atoms with van der Waals surface area (Å²) in [6.45, 7) is 5.45. The highest BCUT2D eigenvalue weighted by Crippen LogP contribution is 2.34. The Kier molecular flexibility index (Phi) is 11.8. The predicted octanol–water partition coefficient (Wildman–Crippen LogP) is 4.05. The SMILES string of the molecule is COC(=O)C[C@H](NC(=O)[C@@H](NC(=O)CSc1nc(-c2ccccc2)cc(-c2ccc(C)cc2)c1C#N)C(C)C)C(=O)OC. The average Bonchev–Trinajstić information content (AvgIpc) is 3.01. The van der Waals surface area contributed by atoms with Gasteiger partial charge in [0.2, 0.25) is 11.8 Å². The van der Waals surface area contributed by atoms with Gasteiger partial charge in [-0.3, -0.25) is 14.4 Å². The number of nitriles is 1. The Labute approximate surface area is 255 Å². The molecule has 1 aromatic heterocycles. The maximum atomic E-state index is 13.1. The van der Waals surface area contributed by atoms with Crippen LogP contribution in [0.4, 0.5) is 0 Å². The third-order valence-corrected chi connectivity index (χ3v) is 7.51. The fraction of sp³-hybridized carbons (Fsp3) is 0.312. The zero-order valence-corrected chi connectivity index (χ0v) is 25.5. The van der Waals surface area contributed by atoms with Crippen molar-refractivity contribution >= 4 is 35.5 Å². The lowest BCUT2D eigenvalue weighted by Crippen LogP contribution is -2.54. The number of esters is 2. The molecule has 2 amide bonds. The standard InChI is InChI=1S/C32H34N4O6S/c1-19(2)29(30(39)34-26(32(40)42-5)16-28(38)41-4)36-27(37)18-43-31-24(17-33)23(21-13-11-20(3)12-14-21)15-25(35-31)22-9-7-6-8-10-22/h6-15,19,26,29H,16,18H2,1-5H3,(H,34,39)(H,36,37)/t26-,29-/m0/s1. The van der Waals surface area contributed by atoms with E-state index in [1.807, 2.05) is 67.6 Å². The van der Waals surface area contributed by atoms with Gasteiger partial charge in [0.25, 0.3) is 0 Å². The van der Waals surface area contributed by atoms with Gasteiger partial charge in [0.05, 0.1) is 37.7 Å². The first-order valence-corrected chi connectivity index (χ1v) is 14.5. The number of methoxy groups -OCH3 is 2. The van der Waals surface area contributed by atoms with Crippen LogP contribution in [0.25, 0.3) is 22.4 Å². The summed E-state index contributed by atoms with van der Waals surface area (Å²) in [6, 6.07) is 19.2. The van der Waals surface area contributed by atoms with Crippen molar-refractivity contribution in [2.45, 2.75) is 44.3 Å². The summed E-state index contributed by atoms with van der Waals surface area (Å²) in [5, 5.41) is 15.7. The minimum atomic E-state index is -1.28. The number of benzene rings is 2. The maximum Gasteiger partial charge on any atom is 0.328 e. The number of carbonyl (C=O) groups excluding carboxylic acids is 4. The number of aromatic nitrogens is 1. The van der Waals surface area contributed by atoms with Gasteiger partial charge >= 0.3 is 11.9 Å². The number of amides is 2. The molecule has 0 bridgehead atoms. The first-order valence-electron chi connectivity index (χ1n) is 13.5. The van der Waals surface area contributed by atoms with Crippen molar-refractivity contribution < 1.29 is 28.7 Å². The van der Waals surface area contributed by atoms with E-state index in [0.29, 0.717) is 21.8 Å². The number of ether oxygens (including phenoxy) is 2. The van der Waals surface area contributed by atoms with E-state index in [2.05, 4.69) is 21.4 Å². The van der Waals surface area contributed by atoms with E-state index in [9.17, 15) is 24.4 Å². The first kappa shape index (κ1) is 32.8. The molecular weight excluding hydrogens is 568 g/mol. The molecule has 0 aliphatic rings. The number of rotatable bonds is 12. The van der Waals surface area contributed by atoms with E-state index in [0.717, 1.165) is 35.6 Å². The maximum absolute atomic E-state index is 13.1. The largest absolute Gasteiger partial charge is 0.469 e. The number of hydrogen-bond donors (Lipinski definition) is 2. The van der Waals surface area contributed by atoms with Gasteiger partial charge in [-0.15, -0.1) is 0 Å². The number of thioether (sulfide) groups is 1. The summed E-state index contributed by atoms with van der Waals surface area (Å²) in [4.78, 5) is 54.8. The zero-order valence-electron chi connectivity index (χ0n) is 24.7. The molecule has 2 atom stereocenters. The fourth-order valence-corrected chi connectivity index (χ4v) is 5.00. The highest BCUT2D eigenvalue weighted by Gasteiger charge is 2.31. The summed E-state index contributed by atoms with van der Waals surface area (Å²) in [7, 11) is 2.30. The second-order valence-electron chi connectivity index (χ2n) is 10.0. The van der Waals surface area contributed by atoms with Gasteiger partial charge in [-0.25, -0.2) is 9.78 Å². The quantitative estimate of drug-likeness (QED) is 0.231. The summed E-state index contributed by atoms with van der Waals surface area (Å²) in [5.41, 5.74) is 4.46. The summed E-state index contributed by atoms with van der Waals surface area (Å²) in [6.07, 6.45) is -0.423. The number of nitrogens with one attached hydrogen (secondary N) is 2. The van der Waals surface area contributed by atoms with Crippen LogP contribution >= 0.6 is 11.8 Å². The Morgan fingerprint density at radius 3 is 2.21 bits per heavy atom. The molecule has 11 heteroatoms. The van der Waals surface area contributed by atoms with Gasteiger partial charge in [0.15, 0.2) is 0 Å². The number of pyridine rings is 1. The highest BCUT2D eigenvalue weighted by molar-refractivity contribution is 8.00. The lowest BCUT2D eigenvalue weighted by atomic mass is 9.98. The van der Waals surface area contributed by atoms with Gasteiger partial charge < -0.3 is 20.1 Å². The van der Waals surface area contributed by atoms with E-state index >= 15 is 0 Å². The second-order valence-corrected chi connectivity index (χ2v) is 11.0. The normalized spacial score (nSPS) is 12.0. The van der Waals surface area contributed by atoms with Crippen LogP contribution in [-0.4, -0.2) is 60.8 Å². The second kappa shape index (κ2) is 15.5. The third-order valence-electron chi connectivity index (χ3n) is 6.54. The monoisotopic (exact) mass is 602 g/mol. The van der Waals surface area contributed by atoms with Crippen molar-refractivity contribution in [1.29, 1.82) is 5.26 Å². The molecule has 2 aromatic carbocycles. The average molecular weight is 603 g/mol. The Balaban J connectivity index is 1.85. The van der Waals surface area contributed by atoms with Gasteiger partial charge in [-0.1, -0.05) is 85.8 Å². The molecule has 0 radical (unpaired) electrons. The van der Waals surface area contributed by atoms with E-state index in [-0.39, 0.29) is 11.7 Å². The number of hydrogen-bond acceptors (Lipinski definition) is 9. The van der Waals surface area contributed by atoms with Gasteiger partial charge in [-0.05, 0) is 24.5 Å². The smallest absolute Gasteiger partial charge is 0.328 e. The minimum absolute atomic E-state index is 0.133. The highest BCUT2D eigenvalue weighted by atomic mass is 32.2. The van der Waals surface area contributed by atoms with Crippen molar-refractivity contribution in [3.63, 3.8) is 0 Å². The molecule has 1 heterocycles. The summed E-state index contributed by atoms with van der Waals surface area (Å²) in [5.74, 6) is -3.15. The van der Waals surface area contributed by atoms with Gasteiger partial charge in [-0.2, -0.15) is 5.26 Å². The van der Waals surface area contributed by atoms with Crippen LogP contribution in [0.1, 0.15) is 31.4 Å². The fourth-order valence-electron chi connectivity index (χ4n) is 4.18. The molecule has 10 nitrogen and oxygen atoms in total. The molecule has 3 aromatic rings.